The minimum Gasteiger partial charge on any atom is -0.376 e. The van der Waals surface area contributed by atoms with Gasteiger partial charge in [-0.25, -0.2) is 4.68 Å². The van der Waals surface area contributed by atoms with Gasteiger partial charge in [0.2, 0.25) is 0 Å². The van der Waals surface area contributed by atoms with Gasteiger partial charge in [0.1, 0.15) is 17.3 Å². The Morgan fingerprint density at radius 3 is 2.87 bits per heavy atom. The number of benzene rings is 1. The molecule has 7 nitrogen and oxygen atoms in total. The zero-order valence-corrected chi connectivity index (χ0v) is 16.4. The van der Waals surface area contributed by atoms with E-state index in [9.17, 15) is 10.1 Å². The maximum Gasteiger partial charge on any atom is 0.262 e. The molecule has 1 aromatic carbocycles. The second kappa shape index (κ2) is 9.16. The second-order valence-electron chi connectivity index (χ2n) is 6.97. The largest absolute Gasteiger partial charge is 0.376 e. The van der Waals surface area contributed by atoms with Crippen LogP contribution in [0.2, 0.25) is 0 Å². The van der Waals surface area contributed by atoms with E-state index in [0.29, 0.717) is 24.4 Å². The summed E-state index contributed by atoms with van der Waals surface area (Å²) >= 11 is 0. The molecule has 1 aliphatic rings. The van der Waals surface area contributed by atoms with Crippen molar-refractivity contribution in [2.24, 2.45) is 0 Å². The Labute approximate surface area is 174 Å². The van der Waals surface area contributed by atoms with Gasteiger partial charge >= 0.3 is 0 Å². The number of pyridine rings is 1. The Balaban J connectivity index is 1.66. The van der Waals surface area contributed by atoms with E-state index in [1.165, 1.54) is 0 Å². The molecule has 150 valence electrons. The fourth-order valence-electron chi connectivity index (χ4n) is 3.34. The van der Waals surface area contributed by atoms with Gasteiger partial charge in [-0.05, 0) is 43.2 Å². The van der Waals surface area contributed by atoms with E-state index < -0.39 is 5.91 Å². The van der Waals surface area contributed by atoms with Crippen molar-refractivity contribution in [1.29, 1.82) is 5.26 Å². The molecule has 0 spiro atoms. The van der Waals surface area contributed by atoms with Crippen molar-refractivity contribution in [3.05, 3.63) is 72.2 Å². The summed E-state index contributed by atoms with van der Waals surface area (Å²) in [5.74, 6) is -0.419. The van der Waals surface area contributed by atoms with Gasteiger partial charge < -0.3 is 10.1 Å². The van der Waals surface area contributed by atoms with Crippen LogP contribution in [0.4, 0.5) is 0 Å². The molecule has 0 radical (unpaired) electrons. The number of nitrogens with zero attached hydrogens (tertiary/aromatic N) is 4. The van der Waals surface area contributed by atoms with Crippen LogP contribution in [0.5, 0.6) is 0 Å². The summed E-state index contributed by atoms with van der Waals surface area (Å²) < 4.78 is 7.26. The number of aromatic nitrogens is 3. The van der Waals surface area contributed by atoms with Crippen LogP contribution < -0.4 is 5.32 Å². The third-order valence-corrected chi connectivity index (χ3v) is 4.88. The van der Waals surface area contributed by atoms with Crippen molar-refractivity contribution in [1.82, 2.24) is 20.1 Å². The van der Waals surface area contributed by atoms with Crippen molar-refractivity contribution in [3.63, 3.8) is 0 Å². The molecule has 0 aliphatic carbocycles. The van der Waals surface area contributed by atoms with E-state index in [4.69, 9.17) is 4.74 Å². The Kier molecular flexibility index (Phi) is 5.97. The number of hydrogen-bond acceptors (Lipinski definition) is 5. The first-order valence-electron chi connectivity index (χ1n) is 9.81. The van der Waals surface area contributed by atoms with Crippen LogP contribution in [0, 0.1) is 11.3 Å². The SMILES string of the molecule is N#C/C(=C\c1cn(-c2ccccc2)nc1-c1cccnc1)C(=O)NCC1CCCO1. The van der Waals surface area contributed by atoms with Crippen molar-refractivity contribution < 1.29 is 9.53 Å². The molecule has 1 aliphatic heterocycles. The average molecular weight is 399 g/mol. The van der Waals surface area contributed by atoms with E-state index in [-0.39, 0.29) is 11.7 Å². The topological polar surface area (TPSA) is 92.8 Å². The molecule has 1 unspecified atom stereocenters. The first-order valence-corrected chi connectivity index (χ1v) is 9.81. The van der Waals surface area contributed by atoms with Gasteiger partial charge in [0.15, 0.2) is 0 Å². The first kappa shape index (κ1) is 19.6. The predicted molar refractivity (Wildman–Crippen MR) is 112 cm³/mol. The molecule has 2 aromatic heterocycles. The zero-order valence-electron chi connectivity index (χ0n) is 16.4. The van der Waals surface area contributed by atoms with Crippen molar-refractivity contribution in [3.8, 4) is 23.0 Å². The molecule has 0 saturated carbocycles. The summed E-state index contributed by atoms with van der Waals surface area (Å²) in [6.45, 7) is 1.12. The fourth-order valence-corrected chi connectivity index (χ4v) is 3.34. The lowest BCUT2D eigenvalue weighted by molar-refractivity contribution is -0.117. The Bertz CT molecular complexity index is 1080. The lowest BCUT2D eigenvalue weighted by atomic mass is 10.1. The number of para-hydroxylation sites is 1. The fraction of sp³-hybridized carbons (Fsp3) is 0.217. The zero-order chi connectivity index (χ0) is 20.8. The minimum absolute atomic E-state index is 0.0145. The second-order valence-corrected chi connectivity index (χ2v) is 6.97. The Hall–Kier alpha value is -3.76. The van der Waals surface area contributed by atoms with Crippen molar-refractivity contribution in [2.75, 3.05) is 13.2 Å². The van der Waals surface area contributed by atoms with Crippen LogP contribution in [-0.2, 0) is 9.53 Å². The monoisotopic (exact) mass is 399 g/mol. The number of rotatable bonds is 6. The smallest absolute Gasteiger partial charge is 0.262 e. The third-order valence-electron chi connectivity index (χ3n) is 4.88. The number of nitriles is 1. The summed E-state index contributed by atoms with van der Waals surface area (Å²) in [6.07, 6.45) is 8.70. The molecule has 3 heterocycles. The quantitative estimate of drug-likeness (QED) is 0.508. The lowest BCUT2D eigenvalue weighted by Crippen LogP contribution is -2.32. The van der Waals surface area contributed by atoms with Gasteiger partial charge in [0.05, 0.1) is 11.8 Å². The molecule has 1 saturated heterocycles. The van der Waals surface area contributed by atoms with E-state index >= 15 is 0 Å². The highest BCUT2D eigenvalue weighted by atomic mass is 16.5. The normalized spacial score (nSPS) is 16.2. The summed E-state index contributed by atoms with van der Waals surface area (Å²) in [4.78, 5) is 16.7. The summed E-state index contributed by atoms with van der Waals surface area (Å²) in [5.41, 5.74) is 3.01. The van der Waals surface area contributed by atoms with Crippen molar-refractivity contribution >= 4 is 12.0 Å². The van der Waals surface area contributed by atoms with Gasteiger partial charge in [0, 0.05) is 42.9 Å². The molecule has 30 heavy (non-hydrogen) atoms. The van der Waals surface area contributed by atoms with Gasteiger partial charge in [0.25, 0.3) is 5.91 Å². The lowest BCUT2D eigenvalue weighted by Gasteiger charge is -2.10. The standard InChI is InChI=1S/C23H21N5O2/c24-13-18(23(29)26-15-21-9-5-11-30-21)12-19-16-28(20-7-2-1-3-8-20)27-22(19)17-6-4-10-25-14-17/h1-4,6-8,10,12,14,16,21H,5,9,11,15H2,(H,26,29)/b18-12+. The molecule has 0 bridgehead atoms. The minimum atomic E-state index is -0.419. The average Bonchev–Trinajstić information content (AvgIpc) is 3.47. The summed E-state index contributed by atoms with van der Waals surface area (Å²) in [5, 5.41) is 17.1. The molecule has 3 aromatic rings. The van der Waals surface area contributed by atoms with Crippen molar-refractivity contribution in [2.45, 2.75) is 18.9 Å². The number of amides is 1. The predicted octanol–water partition coefficient (Wildman–Crippen LogP) is 3.14. The molecule has 4 rings (SSSR count). The third kappa shape index (κ3) is 4.45. The van der Waals surface area contributed by atoms with E-state index in [0.717, 1.165) is 24.1 Å². The number of ether oxygens (including phenoxy) is 1. The Morgan fingerprint density at radius 2 is 2.17 bits per heavy atom. The maximum atomic E-state index is 12.6. The maximum absolute atomic E-state index is 12.6. The van der Waals surface area contributed by atoms with Gasteiger partial charge in [-0.2, -0.15) is 10.4 Å². The summed E-state index contributed by atoms with van der Waals surface area (Å²) in [7, 11) is 0. The van der Waals surface area contributed by atoms with Gasteiger partial charge in [-0.15, -0.1) is 0 Å². The molecular formula is C23H21N5O2. The molecule has 7 heteroatoms. The highest BCUT2D eigenvalue weighted by Crippen LogP contribution is 2.25. The van der Waals surface area contributed by atoms with Crippen LogP contribution in [0.25, 0.3) is 23.0 Å². The van der Waals surface area contributed by atoms with Gasteiger partial charge in [-0.1, -0.05) is 18.2 Å². The van der Waals surface area contributed by atoms with E-state index in [1.807, 2.05) is 54.7 Å². The van der Waals surface area contributed by atoms with Gasteiger partial charge in [-0.3, -0.25) is 9.78 Å². The molecule has 1 fully saturated rings. The molecular weight excluding hydrogens is 378 g/mol. The van der Waals surface area contributed by atoms with E-state index in [2.05, 4.69) is 15.4 Å². The summed E-state index contributed by atoms with van der Waals surface area (Å²) in [6, 6.07) is 15.4. The number of hydrogen-bond donors (Lipinski definition) is 1. The molecule has 1 N–H and O–H groups in total. The Morgan fingerprint density at radius 1 is 1.30 bits per heavy atom. The van der Waals surface area contributed by atoms with Crippen LogP contribution in [-0.4, -0.2) is 39.9 Å². The number of carbonyl (C=O) groups excluding carboxylic acids is 1. The molecule has 1 atom stereocenters. The highest BCUT2D eigenvalue weighted by Gasteiger charge is 2.19. The highest BCUT2D eigenvalue weighted by molar-refractivity contribution is 6.02. The molecule has 1 amide bonds. The van der Waals surface area contributed by atoms with Crippen LogP contribution in [0.15, 0.2) is 66.6 Å². The van der Waals surface area contributed by atoms with Crippen LogP contribution >= 0.6 is 0 Å². The van der Waals surface area contributed by atoms with Crippen LogP contribution in [0.1, 0.15) is 18.4 Å². The number of nitrogens with one attached hydrogen (secondary N) is 1. The number of carbonyl (C=O) groups is 1. The van der Waals surface area contributed by atoms with Crippen LogP contribution in [0.3, 0.4) is 0 Å². The van der Waals surface area contributed by atoms with E-state index in [1.54, 1.807) is 23.2 Å². The first-order chi connectivity index (χ1) is 14.7.